The Hall–Kier alpha value is -1.11. The van der Waals surface area contributed by atoms with Crippen LogP contribution in [-0.2, 0) is 14.6 Å². The highest BCUT2D eigenvalue weighted by atomic mass is 32.3. The highest BCUT2D eigenvalue weighted by molar-refractivity contribution is 7.82. The van der Waals surface area contributed by atoms with Crippen molar-refractivity contribution in [3.05, 3.63) is 30.3 Å². The molecular weight excluding hydrogens is 194 g/mol. The summed E-state index contributed by atoms with van der Waals surface area (Å²) in [6.07, 6.45) is 0. The van der Waals surface area contributed by atoms with Crippen LogP contribution >= 0.6 is 0 Å². The summed E-state index contributed by atoms with van der Waals surface area (Å²) in [4.78, 5) is 0. The number of hydrogen-bond acceptors (Lipinski definition) is 5. The van der Waals surface area contributed by atoms with Gasteiger partial charge in [-0.05, 0) is 12.1 Å². The van der Waals surface area contributed by atoms with E-state index in [4.69, 9.17) is 5.73 Å². The van der Waals surface area contributed by atoms with E-state index in [1.54, 1.807) is 18.2 Å². The Bertz CT molecular complexity index is 348. The van der Waals surface area contributed by atoms with E-state index in [1.165, 1.54) is 12.1 Å². The van der Waals surface area contributed by atoms with Crippen molar-refractivity contribution in [3.8, 4) is 5.75 Å². The van der Waals surface area contributed by atoms with E-state index in [9.17, 15) is 8.42 Å². The van der Waals surface area contributed by atoms with Crippen LogP contribution in [0.3, 0.4) is 0 Å². The van der Waals surface area contributed by atoms with Crippen LogP contribution in [0.25, 0.3) is 0 Å². The van der Waals surface area contributed by atoms with Gasteiger partial charge in [-0.3, -0.25) is 0 Å². The molecule has 0 aromatic heterocycles. The molecule has 13 heavy (non-hydrogen) atoms. The number of para-hydroxylation sites is 1. The molecule has 0 atom stereocenters. The Balaban J connectivity index is 2.70. The molecule has 1 rings (SSSR count). The zero-order valence-corrected chi connectivity index (χ0v) is 7.53. The average molecular weight is 203 g/mol. The van der Waals surface area contributed by atoms with E-state index in [-0.39, 0.29) is 5.75 Å². The van der Waals surface area contributed by atoms with Gasteiger partial charge in [0.05, 0.1) is 0 Å². The lowest BCUT2D eigenvalue weighted by atomic mass is 10.3. The van der Waals surface area contributed by atoms with Crippen molar-refractivity contribution in [2.24, 2.45) is 5.73 Å². The van der Waals surface area contributed by atoms with Crippen molar-refractivity contribution in [2.75, 3.05) is 6.73 Å². The molecule has 1 aromatic carbocycles. The van der Waals surface area contributed by atoms with Gasteiger partial charge in [0.2, 0.25) is 0 Å². The Morgan fingerprint density at radius 2 is 1.85 bits per heavy atom. The smallest absolute Gasteiger partial charge is 0.362 e. The summed E-state index contributed by atoms with van der Waals surface area (Å²) in [5.74, 6) is 0.191. The standard InChI is InChI=1S/C7H9NO4S/c8-6-11-13(9,10)12-7-4-2-1-3-5-7/h1-5H,6,8H2. The quantitative estimate of drug-likeness (QED) is 0.709. The van der Waals surface area contributed by atoms with Crippen molar-refractivity contribution in [1.82, 2.24) is 0 Å². The molecule has 2 N–H and O–H groups in total. The summed E-state index contributed by atoms with van der Waals surface area (Å²) in [6.45, 7) is -0.435. The van der Waals surface area contributed by atoms with Crippen molar-refractivity contribution in [2.45, 2.75) is 0 Å². The molecule has 1 aromatic rings. The highest BCUT2D eigenvalue weighted by Gasteiger charge is 2.11. The summed E-state index contributed by atoms with van der Waals surface area (Å²) >= 11 is 0. The SMILES string of the molecule is NCOS(=O)(=O)Oc1ccccc1. The second-order valence-electron chi connectivity index (χ2n) is 2.09. The zero-order valence-electron chi connectivity index (χ0n) is 6.71. The maximum atomic E-state index is 10.9. The van der Waals surface area contributed by atoms with Crippen molar-refractivity contribution in [1.29, 1.82) is 0 Å². The van der Waals surface area contributed by atoms with Crippen LogP contribution in [0.4, 0.5) is 0 Å². The van der Waals surface area contributed by atoms with Gasteiger partial charge in [-0.15, -0.1) is 0 Å². The van der Waals surface area contributed by atoms with Crippen LogP contribution in [-0.4, -0.2) is 15.1 Å². The van der Waals surface area contributed by atoms with Crippen LogP contribution in [0.2, 0.25) is 0 Å². The fraction of sp³-hybridized carbons (Fsp3) is 0.143. The molecule has 0 amide bonds. The molecule has 0 spiro atoms. The van der Waals surface area contributed by atoms with E-state index in [0.29, 0.717) is 0 Å². The molecule has 0 bridgehead atoms. The van der Waals surface area contributed by atoms with Gasteiger partial charge in [0.1, 0.15) is 12.5 Å². The molecule has 0 saturated carbocycles. The second-order valence-corrected chi connectivity index (χ2v) is 3.31. The fourth-order valence-corrected chi connectivity index (χ4v) is 1.26. The van der Waals surface area contributed by atoms with Gasteiger partial charge in [0, 0.05) is 0 Å². The normalized spacial score (nSPS) is 11.2. The predicted octanol–water partition coefficient (Wildman–Crippen LogP) is 0.243. The van der Waals surface area contributed by atoms with Crippen LogP contribution in [0.1, 0.15) is 0 Å². The molecule has 5 nitrogen and oxygen atoms in total. The lowest BCUT2D eigenvalue weighted by Crippen LogP contribution is -2.17. The van der Waals surface area contributed by atoms with Crippen LogP contribution < -0.4 is 9.92 Å². The Morgan fingerprint density at radius 1 is 1.23 bits per heavy atom. The minimum Gasteiger partial charge on any atom is -0.362 e. The van der Waals surface area contributed by atoms with E-state index < -0.39 is 17.1 Å². The first kappa shape index (κ1) is 9.97. The van der Waals surface area contributed by atoms with Crippen LogP contribution in [0, 0.1) is 0 Å². The first-order valence-corrected chi connectivity index (χ1v) is 4.81. The first-order valence-electron chi connectivity index (χ1n) is 3.48. The molecule has 0 fully saturated rings. The van der Waals surface area contributed by atoms with Gasteiger partial charge in [0.25, 0.3) is 0 Å². The van der Waals surface area contributed by atoms with E-state index >= 15 is 0 Å². The number of rotatable bonds is 4. The summed E-state index contributed by atoms with van der Waals surface area (Å²) < 4.78 is 30.4. The summed E-state index contributed by atoms with van der Waals surface area (Å²) in [6, 6.07) is 8.03. The van der Waals surface area contributed by atoms with Crippen molar-refractivity contribution in [3.63, 3.8) is 0 Å². The maximum absolute atomic E-state index is 10.9. The van der Waals surface area contributed by atoms with Crippen LogP contribution in [0.5, 0.6) is 5.75 Å². The van der Waals surface area contributed by atoms with E-state index in [1.807, 2.05) is 0 Å². The number of benzene rings is 1. The third kappa shape index (κ3) is 3.41. The van der Waals surface area contributed by atoms with Gasteiger partial charge in [-0.2, -0.15) is 8.42 Å². The maximum Gasteiger partial charge on any atom is 0.450 e. The summed E-state index contributed by atoms with van der Waals surface area (Å²) in [5.41, 5.74) is 4.89. The lowest BCUT2D eigenvalue weighted by molar-refractivity contribution is 0.281. The molecule has 0 aliphatic rings. The molecule has 0 aliphatic carbocycles. The van der Waals surface area contributed by atoms with Gasteiger partial charge >= 0.3 is 10.4 Å². The summed E-state index contributed by atoms with van der Waals surface area (Å²) in [5, 5.41) is 0. The van der Waals surface area contributed by atoms with Gasteiger partial charge in [-0.1, -0.05) is 18.2 Å². The minimum atomic E-state index is -4.01. The Morgan fingerprint density at radius 3 is 2.38 bits per heavy atom. The molecule has 72 valence electrons. The second kappa shape index (κ2) is 4.22. The molecule has 0 unspecified atom stereocenters. The molecule has 0 saturated heterocycles. The Labute approximate surface area is 76.4 Å². The van der Waals surface area contributed by atoms with Gasteiger partial charge in [0.15, 0.2) is 0 Å². The van der Waals surface area contributed by atoms with E-state index in [0.717, 1.165) is 0 Å². The molecule has 6 heteroatoms. The molecule has 0 radical (unpaired) electrons. The zero-order chi connectivity index (χ0) is 9.73. The lowest BCUT2D eigenvalue weighted by Gasteiger charge is -2.04. The highest BCUT2D eigenvalue weighted by Crippen LogP contribution is 2.11. The van der Waals surface area contributed by atoms with Gasteiger partial charge in [-0.25, -0.2) is 4.18 Å². The third-order valence-electron chi connectivity index (χ3n) is 1.15. The predicted molar refractivity (Wildman–Crippen MR) is 46.1 cm³/mol. The van der Waals surface area contributed by atoms with E-state index in [2.05, 4.69) is 8.37 Å². The third-order valence-corrected chi connectivity index (χ3v) is 1.98. The molecule has 0 heterocycles. The Kier molecular flexibility index (Phi) is 3.24. The van der Waals surface area contributed by atoms with Crippen molar-refractivity contribution >= 4 is 10.4 Å². The largest absolute Gasteiger partial charge is 0.450 e. The summed E-state index contributed by atoms with van der Waals surface area (Å²) in [7, 11) is -4.01. The number of hydrogen-bond donors (Lipinski definition) is 1. The fourth-order valence-electron chi connectivity index (χ4n) is 0.701. The van der Waals surface area contributed by atoms with Gasteiger partial charge < -0.3 is 9.92 Å². The van der Waals surface area contributed by atoms with Crippen molar-refractivity contribution < 1.29 is 16.8 Å². The molecular formula is C7H9NO4S. The topological polar surface area (TPSA) is 78.6 Å². The van der Waals surface area contributed by atoms with Crippen LogP contribution in [0.15, 0.2) is 30.3 Å². The molecule has 0 aliphatic heterocycles. The average Bonchev–Trinajstić information content (AvgIpc) is 2.04. The monoisotopic (exact) mass is 203 g/mol. The first-order chi connectivity index (χ1) is 6.14. The minimum absolute atomic E-state index is 0.191. The number of nitrogens with two attached hydrogens (primary N) is 1.